The van der Waals surface area contributed by atoms with Crippen molar-refractivity contribution in [3.05, 3.63) is 26.9 Å². The Kier molecular flexibility index (Phi) is 5.08. The highest BCUT2D eigenvalue weighted by molar-refractivity contribution is 7.71. The second-order valence-corrected chi connectivity index (χ2v) is 5.29. The fourth-order valence-electron chi connectivity index (χ4n) is 2.21. The zero-order valence-electron chi connectivity index (χ0n) is 11.7. The molecule has 0 aliphatic carbocycles. The molecule has 10 heteroatoms. The summed E-state index contributed by atoms with van der Waals surface area (Å²) in [4.78, 5) is 25.6. The van der Waals surface area contributed by atoms with E-state index in [4.69, 9.17) is 22.1 Å². The molecule has 2 rings (SSSR count). The van der Waals surface area contributed by atoms with Crippen LogP contribution in [0.4, 0.5) is 0 Å². The highest BCUT2D eigenvalue weighted by Gasteiger charge is 2.43. The topological polar surface area (TPSA) is 137 Å². The standard InChI is InChI=1S/C12H17N3O6S/c1-13-7(17)2-5-3-15(12(22)14-10(5)20)11-9(19)8(18)6(4-16)21-11/h3,6,8-9,11,16,18-19H,2,4H2,1H3,(H,13,17)(H,14,20,22)/t6-,8-,9-,11-/m1/s1. The molecular weight excluding hydrogens is 314 g/mol. The molecule has 1 aromatic heterocycles. The van der Waals surface area contributed by atoms with Crippen LogP contribution < -0.4 is 10.9 Å². The van der Waals surface area contributed by atoms with Crippen molar-refractivity contribution in [2.45, 2.75) is 31.0 Å². The Morgan fingerprint density at radius 1 is 1.50 bits per heavy atom. The highest BCUT2D eigenvalue weighted by Crippen LogP contribution is 2.29. The number of aromatic nitrogens is 2. The number of likely N-dealkylation sites (N-methyl/N-ethyl adjacent to an activating group) is 1. The van der Waals surface area contributed by atoms with Gasteiger partial charge in [-0.1, -0.05) is 0 Å². The van der Waals surface area contributed by atoms with Gasteiger partial charge < -0.3 is 25.4 Å². The van der Waals surface area contributed by atoms with Gasteiger partial charge in [-0.2, -0.15) is 0 Å². The molecule has 1 aromatic rings. The van der Waals surface area contributed by atoms with Crippen molar-refractivity contribution < 1.29 is 24.9 Å². The number of nitrogens with one attached hydrogen (secondary N) is 2. The Bertz CT molecular complexity index is 672. The minimum atomic E-state index is -1.33. The molecule has 2 heterocycles. The van der Waals surface area contributed by atoms with Gasteiger partial charge in [0.2, 0.25) is 5.91 Å². The quantitative estimate of drug-likeness (QED) is 0.395. The molecule has 0 saturated carbocycles. The molecule has 1 aliphatic heterocycles. The lowest BCUT2D eigenvalue weighted by molar-refractivity contribution is -0.120. The second kappa shape index (κ2) is 6.67. The van der Waals surface area contributed by atoms with E-state index in [2.05, 4.69) is 10.3 Å². The lowest BCUT2D eigenvalue weighted by atomic mass is 10.1. The lowest BCUT2D eigenvalue weighted by Crippen LogP contribution is -2.34. The Balaban J connectivity index is 2.39. The molecule has 0 radical (unpaired) electrons. The summed E-state index contributed by atoms with van der Waals surface area (Å²) in [7, 11) is 1.44. The van der Waals surface area contributed by atoms with Crippen LogP contribution in [0.5, 0.6) is 0 Å². The maximum absolute atomic E-state index is 11.8. The molecule has 122 valence electrons. The smallest absolute Gasteiger partial charge is 0.255 e. The number of hydrogen-bond donors (Lipinski definition) is 5. The number of carbonyl (C=O) groups excluding carboxylic acids is 1. The van der Waals surface area contributed by atoms with E-state index in [1.165, 1.54) is 17.8 Å². The summed E-state index contributed by atoms with van der Waals surface area (Å²) in [6.07, 6.45) is -3.52. The zero-order valence-corrected chi connectivity index (χ0v) is 12.5. The molecule has 0 spiro atoms. The maximum Gasteiger partial charge on any atom is 0.255 e. The summed E-state index contributed by atoms with van der Waals surface area (Å²) in [5.74, 6) is -0.365. The van der Waals surface area contributed by atoms with E-state index >= 15 is 0 Å². The first-order chi connectivity index (χ1) is 10.4. The zero-order chi connectivity index (χ0) is 16.4. The average molecular weight is 331 g/mol. The molecule has 0 unspecified atom stereocenters. The number of aliphatic hydroxyl groups is 3. The van der Waals surface area contributed by atoms with Gasteiger partial charge in [-0.15, -0.1) is 0 Å². The fourth-order valence-corrected chi connectivity index (χ4v) is 2.46. The Hall–Kier alpha value is -1.59. The SMILES string of the molecule is CNC(=O)Cc1cn([C@@H]2O[C@H](CO)[C@@H](O)[C@H]2O)c(=S)[nH]c1=O. The minimum absolute atomic E-state index is 0.0273. The van der Waals surface area contributed by atoms with Crippen LogP contribution in [-0.2, 0) is 16.0 Å². The molecule has 1 fully saturated rings. The number of carbonyl (C=O) groups is 1. The van der Waals surface area contributed by atoms with Crippen LogP contribution in [-0.4, -0.2) is 62.7 Å². The van der Waals surface area contributed by atoms with E-state index in [-0.39, 0.29) is 22.7 Å². The van der Waals surface area contributed by atoms with E-state index in [9.17, 15) is 19.8 Å². The number of nitrogens with zero attached hydrogens (tertiary/aromatic N) is 1. The van der Waals surface area contributed by atoms with Gasteiger partial charge >= 0.3 is 0 Å². The third kappa shape index (κ3) is 3.10. The van der Waals surface area contributed by atoms with Crippen LogP contribution in [0.15, 0.2) is 11.0 Å². The van der Waals surface area contributed by atoms with Gasteiger partial charge in [-0.05, 0) is 12.2 Å². The van der Waals surface area contributed by atoms with Gasteiger partial charge in [-0.3, -0.25) is 19.1 Å². The average Bonchev–Trinajstić information content (AvgIpc) is 2.77. The lowest BCUT2D eigenvalue weighted by Gasteiger charge is -2.19. The van der Waals surface area contributed by atoms with Crippen molar-refractivity contribution in [2.75, 3.05) is 13.7 Å². The predicted molar refractivity (Wildman–Crippen MR) is 76.7 cm³/mol. The second-order valence-electron chi connectivity index (χ2n) is 4.90. The van der Waals surface area contributed by atoms with E-state index in [1.807, 2.05) is 0 Å². The van der Waals surface area contributed by atoms with Gasteiger partial charge in [0, 0.05) is 18.8 Å². The van der Waals surface area contributed by atoms with Crippen LogP contribution in [0.1, 0.15) is 11.8 Å². The Morgan fingerprint density at radius 2 is 2.18 bits per heavy atom. The molecule has 5 N–H and O–H groups in total. The predicted octanol–water partition coefficient (Wildman–Crippen LogP) is -2.19. The van der Waals surface area contributed by atoms with Gasteiger partial charge in [0.1, 0.15) is 18.3 Å². The van der Waals surface area contributed by atoms with Crippen LogP contribution in [0.2, 0.25) is 0 Å². The van der Waals surface area contributed by atoms with Crippen LogP contribution in [0.25, 0.3) is 0 Å². The van der Waals surface area contributed by atoms with Gasteiger partial charge in [-0.25, -0.2) is 0 Å². The van der Waals surface area contributed by atoms with Crippen molar-refractivity contribution in [3.63, 3.8) is 0 Å². The molecular formula is C12H17N3O6S. The fraction of sp³-hybridized carbons (Fsp3) is 0.583. The molecule has 1 aliphatic rings. The van der Waals surface area contributed by atoms with E-state index in [0.717, 1.165) is 0 Å². The summed E-state index contributed by atoms with van der Waals surface area (Å²) in [5.41, 5.74) is -0.387. The number of ether oxygens (including phenoxy) is 1. The Labute approximate surface area is 130 Å². The number of aliphatic hydroxyl groups excluding tert-OH is 3. The van der Waals surface area contributed by atoms with Crippen molar-refractivity contribution in [2.24, 2.45) is 0 Å². The molecule has 22 heavy (non-hydrogen) atoms. The van der Waals surface area contributed by atoms with E-state index < -0.39 is 36.7 Å². The van der Waals surface area contributed by atoms with Gasteiger partial charge in [0.05, 0.1) is 13.0 Å². The summed E-state index contributed by atoms with van der Waals surface area (Å²) in [5, 5.41) is 31.3. The molecule has 9 nitrogen and oxygen atoms in total. The van der Waals surface area contributed by atoms with Crippen LogP contribution in [0.3, 0.4) is 0 Å². The van der Waals surface area contributed by atoms with Crippen molar-refractivity contribution >= 4 is 18.1 Å². The summed E-state index contributed by atoms with van der Waals surface area (Å²) < 4.78 is 6.57. The summed E-state index contributed by atoms with van der Waals surface area (Å²) in [6, 6.07) is 0. The number of amides is 1. The normalized spacial score (nSPS) is 27.8. The first-order valence-electron chi connectivity index (χ1n) is 6.56. The van der Waals surface area contributed by atoms with Crippen molar-refractivity contribution in [1.82, 2.24) is 14.9 Å². The number of aromatic amines is 1. The molecule has 1 saturated heterocycles. The molecule has 0 bridgehead atoms. The highest BCUT2D eigenvalue weighted by atomic mass is 32.1. The molecule has 1 amide bonds. The number of hydrogen-bond acceptors (Lipinski definition) is 7. The van der Waals surface area contributed by atoms with Gasteiger partial charge in [0.25, 0.3) is 5.56 Å². The first-order valence-corrected chi connectivity index (χ1v) is 6.97. The minimum Gasteiger partial charge on any atom is -0.394 e. The summed E-state index contributed by atoms with van der Waals surface area (Å²) in [6.45, 7) is -0.476. The van der Waals surface area contributed by atoms with Crippen LogP contribution in [0, 0.1) is 4.77 Å². The monoisotopic (exact) mass is 331 g/mol. The maximum atomic E-state index is 11.8. The van der Waals surface area contributed by atoms with Gasteiger partial charge in [0.15, 0.2) is 11.0 Å². The Morgan fingerprint density at radius 3 is 2.73 bits per heavy atom. The molecule has 4 atom stereocenters. The van der Waals surface area contributed by atoms with E-state index in [1.54, 1.807) is 0 Å². The number of H-pyrrole nitrogens is 1. The number of rotatable bonds is 4. The molecule has 0 aromatic carbocycles. The third-order valence-corrected chi connectivity index (χ3v) is 3.78. The van der Waals surface area contributed by atoms with E-state index in [0.29, 0.717) is 0 Å². The van der Waals surface area contributed by atoms with Crippen molar-refractivity contribution in [3.8, 4) is 0 Å². The third-order valence-electron chi connectivity index (χ3n) is 3.46. The largest absolute Gasteiger partial charge is 0.394 e. The first kappa shape index (κ1) is 16.8. The summed E-state index contributed by atoms with van der Waals surface area (Å²) >= 11 is 5.02. The van der Waals surface area contributed by atoms with Crippen molar-refractivity contribution in [1.29, 1.82) is 0 Å². The van der Waals surface area contributed by atoms with Crippen LogP contribution >= 0.6 is 12.2 Å².